The molecule has 0 saturated carbocycles. The summed E-state index contributed by atoms with van der Waals surface area (Å²) in [6.07, 6.45) is 4.67. The number of rotatable bonds is 10. The molecule has 0 bridgehead atoms. The van der Waals surface area contributed by atoms with Gasteiger partial charge in [0.15, 0.2) is 0 Å². The Morgan fingerprint density at radius 2 is 1.64 bits per heavy atom. The van der Waals surface area contributed by atoms with Crippen molar-refractivity contribution in [2.45, 2.75) is 44.2 Å². The molecule has 0 aromatic heterocycles. The van der Waals surface area contributed by atoms with Gasteiger partial charge in [-0.25, -0.2) is 0 Å². The van der Waals surface area contributed by atoms with Crippen molar-refractivity contribution in [3.63, 3.8) is 0 Å². The van der Waals surface area contributed by atoms with E-state index in [0.717, 1.165) is 43.6 Å². The van der Waals surface area contributed by atoms with Crippen LogP contribution in [0.5, 0.6) is 11.5 Å². The largest absolute Gasteiger partial charge is 0.493 e. The van der Waals surface area contributed by atoms with Gasteiger partial charge in [-0.2, -0.15) is 0 Å². The van der Waals surface area contributed by atoms with E-state index in [1.165, 1.54) is 16.7 Å². The minimum Gasteiger partial charge on any atom is -0.493 e. The molecule has 0 fully saturated rings. The summed E-state index contributed by atoms with van der Waals surface area (Å²) in [6, 6.07) is 26.9. The quantitative estimate of drug-likeness (QED) is 0.412. The van der Waals surface area contributed by atoms with Crippen molar-refractivity contribution in [1.29, 1.82) is 0 Å². The molecular formula is C28H34ClNO3. The van der Waals surface area contributed by atoms with E-state index in [-0.39, 0.29) is 12.4 Å². The average molecular weight is 468 g/mol. The Morgan fingerprint density at radius 3 is 2.42 bits per heavy atom. The number of hydrogen-bond acceptors (Lipinski definition) is 4. The lowest BCUT2D eigenvalue weighted by molar-refractivity contribution is 0.103. The third-order valence-corrected chi connectivity index (χ3v) is 5.97. The molecule has 0 aliphatic heterocycles. The van der Waals surface area contributed by atoms with Crippen molar-refractivity contribution < 1.29 is 14.6 Å². The molecule has 0 spiro atoms. The van der Waals surface area contributed by atoms with Crippen molar-refractivity contribution >= 4 is 12.4 Å². The molecule has 176 valence electrons. The summed E-state index contributed by atoms with van der Waals surface area (Å²) in [4.78, 5) is 0. The van der Waals surface area contributed by atoms with Gasteiger partial charge in [-0.3, -0.25) is 0 Å². The zero-order chi connectivity index (χ0) is 22.0. The Hall–Kier alpha value is -2.53. The lowest BCUT2D eigenvalue weighted by atomic mass is 10.0. The van der Waals surface area contributed by atoms with Gasteiger partial charge in [0.1, 0.15) is 24.2 Å². The average Bonchev–Trinajstić information content (AvgIpc) is 3.04. The fraction of sp³-hybridized carbons (Fsp3) is 0.357. The molecule has 1 unspecified atom stereocenters. The molecule has 1 aliphatic rings. The van der Waals surface area contributed by atoms with Crippen LogP contribution in [-0.4, -0.2) is 37.0 Å². The number of aliphatic hydroxyl groups is 1. The molecule has 33 heavy (non-hydrogen) atoms. The van der Waals surface area contributed by atoms with Gasteiger partial charge in [-0.05, 0) is 66.6 Å². The zero-order valence-electron chi connectivity index (χ0n) is 19.0. The van der Waals surface area contributed by atoms with Gasteiger partial charge in [0.2, 0.25) is 0 Å². The van der Waals surface area contributed by atoms with E-state index >= 15 is 0 Å². The number of aliphatic hydroxyl groups excluding tert-OH is 1. The highest BCUT2D eigenvalue weighted by atomic mass is 35.5. The topological polar surface area (TPSA) is 50.7 Å². The van der Waals surface area contributed by atoms with Crippen LogP contribution >= 0.6 is 12.4 Å². The molecule has 0 saturated heterocycles. The van der Waals surface area contributed by atoms with Gasteiger partial charge in [0.05, 0.1) is 6.61 Å². The number of benzene rings is 3. The third kappa shape index (κ3) is 8.08. The highest BCUT2D eigenvalue weighted by Gasteiger charge is 2.18. The first-order chi connectivity index (χ1) is 15.8. The predicted octanol–water partition coefficient (Wildman–Crippen LogP) is 5.01. The second-order valence-electron chi connectivity index (χ2n) is 8.49. The fourth-order valence-corrected chi connectivity index (χ4v) is 4.21. The Labute approximate surface area is 203 Å². The van der Waals surface area contributed by atoms with E-state index in [9.17, 15) is 5.11 Å². The summed E-state index contributed by atoms with van der Waals surface area (Å²) in [7, 11) is 0. The third-order valence-electron chi connectivity index (χ3n) is 5.97. The van der Waals surface area contributed by atoms with Crippen LogP contribution in [0.1, 0.15) is 29.5 Å². The molecule has 4 rings (SSSR count). The van der Waals surface area contributed by atoms with Crippen LogP contribution in [0.15, 0.2) is 78.9 Å². The zero-order valence-corrected chi connectivity index (χ0v) is 19.8. The fourth-order valence-electron chi connectivity index (χ4n) is 4.21. The molecule has 5 heteroatoms. The van der Waals surface area contributed by atoms with E-state index in [1.807, 2.05) is 36.4 Å². The number of para-hydroxylation sites is 1. The van der Waals surface area contributed by atoms with Gasteiger partial charge >= 0.3 is 0 Å². The van der Waals surface area contributed by atoms with Gasteiger partial charge in [-0.15, -0.1) is 12.4 Å². The van der Waals surface area contributed by atoms with E-state index in [2.05, 4.69) is 47.8 Å². The highest BCUT2D eigenvalue weighted by molar-refractivity contribution is 5.85. The molecule has 0 heterocycles. The Morgan fingerprint density at radius 1 is 0.879 bits per heavy atom. The summed E-state index contributed by atoms with van der Waals surface area (Å²) in [5.74, 6) is 1.73. The first-order valence-corrected chi connectivity index (χ1v) is 11.6. The maximum Gasteiger partial charge on any atom is 0.119 e. The van der Waals surface area contributed by atoms with E-state index in [1.54, 1.807) is 0 Å². The van der Waals surface area contributed by atoms with E-state index in [0.29, 0.717) is 25.8 Å². The lowest BCUT2D eigenvalue weighted by Crippen LogP contribution is -2.39. The van der Waals surface area contributed by atoms with Crippen LogP contribution < -0.4 is 14.8 Å². The predicted molar refractivity (Wildman–Crippen MR) is 136 cm³/mol. The van der Waals surface area contributed by atoms with Gasteiger partial charge in [0.25, 0.3) is 0 Å². The van der Waals surface area contributed by atoms with Crippen LogP contribution in [-0.2, 0) is 19.3 Å². The van der Waals surface area contributed by atoms with Gasteiger partial charge in [0, 0.05) is 19.0 Å². The van der Waals surface area contributed by atoms with E-state index < -0.39 is 6.10 Å². The maximum atomic E-state index is 10.3. The molecule has 3 aromatic carbocycles. The minimum absolute atomic E-state index is 0. The Balaban J connectivity index is 0.00000306. The lowest BCUT2D eigenvalue weighted by Gasteiger charge is -2.20. The number of fused-ring (bicyclic) bond motifs is 1. The van der Waals surface area contributed by atoms with Crippen molar-refractivity contribution in [3.05, 3.63) is 95.6 Å². The smallest absolute Gasteiger partial charge is 0.119 e. The second kappa shape index (κ2) is 13.2. The monoisotopic (exact) mass is 467 g/mol. The SMILES string of the molecule is Cl.O[C@@H](CNC1CCCc2ccc(OCCc3ccccc3)cc2C1)COc1ccccc1. The first-order valence-electron chi connectivity index (χ1n) is 11.6. The highest BCUT2D eigenvalue weighted by Crippen LogP contribution is 2.25. The molecule has 2 atom stereocenters. The summed E-state index contributed by atoms with van der Waals surface area (Å²) in [6.45, 7) is 1.50. The molecule has 2 N–H and O–H groups in total. The normalized spacial score (nSPS) is 16.1. The number of ether oxygens (including phenoxy) is 2. The van der Waals surface area contributed by atoms with Crippen LogP contribution in [0.25, 0.3) is 0 Å². The summed E-state index contributed by atoms with van der Waals surface area (Å²) in [5.41, 5.74) is 4.06. The molecule has 0 amide bonds. The molecular weight excluding hydrogens is 434 g/mol. The molecule has 4 nitrogen and oxygen atoms in total. The summed E-state index contributed by atoms with van der Waals surface area (Å²) >= 11 is 0. The van der Waals surface area contributed by atoms with Crippen LogP contribution in [0.2, 0.25) is 0 Å². The molecule has 0 radical (unpaired) electrons. The van der Waals surface area contributed by atoms with Crippen LogP contribution in [0.4, 0.5) is 0 Å². The number of nitrogens with one attached hydrogen (secondary N) is 1. The Kier molecular flexibility index (Phi) is 10.1. The number of halogens is 1. The van der Waals surface area contributed by atoms with Crippen molar-refractivity contribution in [3.8, 4) is 11.5 Å². The van der Waals surface area contributed by atoms with E-state index in [4.69, 9.17) is 9.47 Å². The molecule has 1 aliphatic carbocycles. The number of hydrogen-bond donors (Lipinski definition) is 2. The van der Waals surface area contributed by atoms with Crippen LogP contribution in [0, 0.1) is 0 Å². The first kappa shape index (κ1) is 25.1. The summed E-state index contributed by atoms with van der Waals surface area (Å²) < 4.78 is 11.7. The van der Waals surface area contributed by atoms with Crippen molar-refractivity contribution in [2.24, 2.45) is 0 Å². The Bertz CT molecular complexity index is 952. The van der Waals surface area contributed by atoms with Gasteiger partial charge < -0.3 is 19.9 Å². The molecule has 3 aromatic rings. The maximum absolute atomic E-state index is 10.3. The van der Waals surface area contributed by atoms with Crippen molar-refractivity contribution in [1.82, 2.24) is 5.32 Å². The van der Waals surface area contributed by atoms with Gasteiger partial charge in [-0.1, -0.05) is 54.6 Å². The minimum atomic E-state index is -0.536. The number of aryl methyl sites for hydroxylation is 1. The summed E-state index contributed by atoms with van der Waals surface area (Å²) in [5, 5.41) is 13.9. The van der Waals surface area contributed by atoms with Crippen molar-refractivity contribution in [2.75, 3.05) is 19.8 Å². The van der Waals surface area contributed by atoms with Crippen LogP contribution in [0.3, 0.4) is 0 Å². The standard InChI is InChI=1S/C28H33NO3.ClH/c30-26(21-32-27-12-5-2-6-13-27)20-29-25-11-7-10-23-14-15-28(19-24(23)18-25)31-17-16-22-8-3-1-4-9-22;/h1-6,8-9,12-15,19,25-26,29-30H,7,10-11,16-18,20-21H2;1H/t25?,26-;/m0./s1. The second-order valence-corrected chi connectivity index (χ2v) is 8.49.